The number of carbonyl (C=O) groups is 1. The highest BCUT2D eigenvalue weighted by atomic mass is 79.9. The summed E-state index contributed by atoms with van der Waals surface area (Å²) in [6.07, 6.45) is 1.48. The molecule has 1 aromatic rings. The molecule has 1 amide bonds. The molecule has 0 radical (unpaired) electrons. The van der Waals surface area contributed by atoms with Crippen LogP contribution >= 0.6 is 27.5 Å². The number of hydrogen-bond acceptors (Lipinski definition) is 2. The first-order valence-corrected chi connectivity index (χ1v) is 4.99. The van der Waals surface area contributed by atoms with Crippen molar-refractivity contribution in [2.45, 2.75) is 0 Å². The van der Waals surface area contributed by atoms with E-state index in [1.54, 1.807) is 12.1 Å². The molecule has 0 bridgehead atoms. The molecule has 0 atom stereocenters. The second kappa shape index (κ2) is 5.12. The van der Waals surface area contributed by atoms with Crippen LogP contribution in [0.5, 0.6) is 0 Å². The van der Waals surface area contributed by atoms with Gasteiger partial charge >= 0.3 is 0 Å². The summed E-state index contributed by atoms with van der Waals surface area (Å²) in [4.78, 5) is 15.3. The van der Waals surface area contributed by atoms with E-state index < -0.39 is 0 Å². The van der Waals surface area contributed by atoms with Crippen molar-refractivity contribution in [2.24, 2.45) is 0 Å². The topological polar surface area (TPSA) is 42.0 Å². The predicted molar refractivity (Wildman–Crippen MR) is 59.3 cm³/mol. The molecule has 0 aliphatic carbocycles. The van der Waals surface area contributed by atoms with Crippen molar-refractivity contribution in [3.63, 3.8) is 0 Å². The van der Waals surface area contributed by atoms with Crippen molar-refractivity contribution in [1.82, 2.24) is 10.3 Å². The molecule has 1 aromatic heterocycles. The molecule has 0 spiro atoms. The van der Waals surface area contributed by atoms with Gasteiger partial charge in [0.1, 0.15) is 4.60 Å². The van der Waals surface area contributed by atoms with Crippen molar-refractivity contribution in [3.8, 4) is 0 Å². The van der Waals surface area contributed by atoms with Crippen LogP contribution in [0, 0.1) is 0 Å². The molecule has 1 heterocycles. The van der Waals surface area contributed by atoms with Gasteiger partial charge in [-0.2, -0.15) is 0 Å². The van der Waals surface area contributed by atoms with Crippen LogP contribution in [0.4, 0.5) is 0 Å². The Balaban J connectivity index is 2.61. The molecule has 14 heavy (non-hydrogen) atoms. The highest BCUT2D eigenvalue weighted by Gasteiger charge is 2.04. The van der Waals surface area contributed by atoms with Gasteiger partial charge in [-0.05, 0) is 28.1 Å². The molecule has 0 saturated heterocycles. The molecule has 1 rings (SSSR count). The van der Waals surface area contributed by atoms with Crippen LogP contribution in [-0.2, 0) is 0 Å². The SMILES string of the molecule is C=C(Cl)CNC(=O)c1ccc(Br)nc1. The monoisotopic (exact) mass is 274 g/mol. The standard InChI is InChI=1S/C9H8BrClN2O/c1-6(11)4-13-9(14)7-2-3-8(10)12-5-7/h2-3,5H,1,4H2,(H,13,14). The van der Waals surface area contributed by atoms with E-state index in [0.29, 0.717) is 15.2 Å². The predicted octanol–water partition coefficient (Wildman–Crippen LogP) is 2.33. The molecule has 0 saturated carbocycles. The Morgan fingerprint density at radius 3 is 2.86 bits per heavy atom. The maximum atomic E-state index is 11.4. The number of aromatic nitrogens is 1. The molecule has 0 unspecified atom stereocenters. The van der Waals surface area contributed by atoms with Crippen molar-refractivity contribution in [2.75, 3.05) is 6.54 Å². The maximum absolute atomic E-state index is 11.4. The van der Waals surface area contributed by atoms with E-state index in [2.05, 4.69) is 32.8 Å². The number of hydrogen-bond donors (Lipinski definition) is 1. The summed E-state index contributed by atoms with van der Waals surface area (Å²) in [5.74, 6) is -0.216. The number of nitrogens with one attached hydrogen (secondary N) is 1. The van der Waals surface area contributed by atoms with Gasteiger partial charge < -0.3 is 5.32 Å². The van der Waals surface area contributed by atoms with E-state index in [0.717, 1.165) is 0 Å². The number of nitrogens with zero attached hydrogens (tertiary/aromatic N) is 1. The van der Waals surface area contributed by atoms with Crippen molar-refractivity contribution in [1.29, 1.82) is 0 Å². The average molecular weight is 276 g/mol. The highest BCUT2D eigenvalue weighted by Crippen LogP contribution is 2.06. The molecular weight excluding hydrogens is 267 g/mol. The third-order valence-corrected chi connectivity index (χ3v) is 2.03. The Hall–Kier alpha value is -0.870. The minimum Gasteiger partial charge on any atom is -0.347 e. The van der Waals surface area contributed by atoms with E-state index in [1.807, 2.05) is 0 Å². The van der Waals surface area contributed by atoms with Gasteiger partial charge in [-0.3, -0.25) is 4.79 Å². The third-order valence-electron chi connectivity index (χ3n) is 1.43. The second-order valence-corrected chi connectivity index (χ2v) is 3.92. The van der Waals surface area contributed by atoms with E-state index in [-0.39, 0.29) is 12.5 Å². The van der Waals surface area contributed by atoms with Gasteiger partial charge in [0.25, 0.3) is 5.91 Å². The van der Waals surface area contributed by atoms with Crippen LogP contribution in [0.15, 0.2) is 34.5 Å². The minimum absolute atomic E-state index is 0.216. The van der Waals surface area contributed by atoms with E-state index in [1.165, 1.54) is 6.20 Å². The van der Waals surface area contributed by atoms with Gasteiger partial charge in [-0.1, -0.05) is 18.2 Å². The van der Waals surface area contributed by atoms with E-state index >= 15 is 0 Å². The zero-order chi connectivity index (χ0) is 10.6. The Labute approximate surface area is 95.3 Å². The minimum atomic E-state index is -0.216. The fourth-order valence-electron chi connectivity index (χ4n) is 0.788. The molecule has 74 valence electrons. The van der Waals surface area contributed by atoms with Crippen LogP contribution in [-0.4, -0.2) is 17.4 Å². The molecule has 0 aliphatic rings. The van der Waals surface area contributed by atoms with Crippen molar-refractivity contribution >= 4 is 33.4 Å². The molecule has 0 aliphatic heterocycles. The first-order chi connectivity index (χ1) is 6.59. The first kappa shape index (κ1) is 11.2. The maximum Gasteiger partial charge on any atom is 0.253 e. The van der Waals surface area contributed by atoms with Crippen LogP contribution in [0.1, 0.15) is 10.4 Å². The fraction of sp³-hybridized carbons (Fsp3) is 0.111. The lowest BCUT2D eigenvalue weighted by Crippen LogP contribution is -2.24. The molecule has 0 aromatic carbocycles. The Morgan fingerprint density at radius 2 is 2.36 bits per heavy atom. The molecule has 0 fully saturated rings. The summed E-state index contributed by atoms with van der Waals surface area (Å²) in [6, 6.07) is 3.37. The number of rotatable bonds is 3. The number of carbonyl (C=O) groups excluding carboxylic acids is 1. The average Bonchev–Trinajstić information content (AvgIpc) is 2.15. The lowest BCUT2D eigenvalue weighted by Gasteiger charge is -2.02. The fourth-order valence-corrected chi connectivity index (χ4v) is 1.09. The van der Waals surface area contributed by atoms with Crippen LogP contribution in [0.25, 0.3) is 0 Å². The Bertz CT molecular complexity index is 350. The summed E-state index contributed by atoms with van der Waals surface area (Å²) in [5, 5.41) is 2.98. The van der Waals surface area contributed by atoms with Gasteiger partial charge in [0.2, 0.25) is 0 Å². The number of pyridine rings is 1. The molecular formula is C9H8BrClN2O. The Kier molecular flexibility index (Phi) is 4.10. The second-order valence-electron chi connectivity index (χ2n) is 2.57. The quantitative estimate of drug-likeness (QED) is 0.860. The van der Waals surface area contributed by atoms with Gasteiger partial charge in [0.15, 0.2) is 0 Å². The molecule has 3 nitrogen and oxygen atoms in total. The van der Waals surface area contributed by atoms with Crippen molar-refractivity contribution in [3.05, 3.63) is 40.1 Å². The lowest BCUT2D eigenvalue weighted by atomic mass is 10.3. The molecule has 1 N–H and O–H groups in total. The normalized spacial score (nSPS) is 9.57. The summed E-state index contributed by atoms with van der Waals surface area (Å²) in [6.45, 7) is 3.72. The van der Waals surface area contributed by atoms with Gasteiger partial charge in [0, 0.05) is 11.2 Å². The zero-order valence-corrected chi connectivity index (χ0v) is 9.60. The lowest BCUT2D eigenvalue weighted by molar-refractivity contribution is 0.0957. The number of halogens is 2. The van der Waals surface area contributed by atoms with E-state index in [4.69, 9.17) is 11.6 Å². The molecule has 5 heteroatoms. The van der Waals surface area contributed by atoms with Gasteiger partial charge in [0.05, 0.1) is 12.1 Å². The summed E-state index contributed by atoms with van der Waals surface area (Å²) >= 11 is 8.68. The number of amides is 1. The van der Waals surface area contributed by atoms with Crippen LogP contribution in [0.3, 0.4) is 0 Å². The van der Waals surface area contributed by atoms with E-state index in [9.17, 15) is 4.79 Å². The zero-order valence-electron chi connectivity index (χ0n) is 7.26. The van der Waals surface area contributed by atoms with Gasteiger partial charge in [-0.15, -0.1) is 0 Å². The van der Waals surface area contributed by atoms with Crippen LogP contribution < -0.4 is 5.32 Å². The summed E-state index contributed by atoms with van der Waals surface area (Å²) in [5.41, 5.74) is 0.492. The third kappa shape index (κ3) is 3.47. The van der Waals surface area contributed by atoms with Crippen LogP contribution in [0.2, 0.25) is 0 Å². The smallest absolute Gasteiger partial charge is 0.253 e. The first-order valence-electron chi connectivity index (χ1n) is 3.82. The largest absolute Gasteiger partial charge is 0.347 e. The van der Waals surface area contributed by atoms with Crippen molar-refractivity contribution < 1.29 is 4.79 Å². The summed E-state index contributed by atoms with van der Waals surface area (Å²) < 4.78 is 0.691. The Morgan fingerprint density at radius 1 is 1.64 bits per heavy atom. The van der Waals surface area contributed by atoms with Gasteiger partial charge in [-0.25, -0.2) is 4.98 Å². The highest BCUT2D eigenvalue weighted by molar-refractivity contribution is 9.10. The summed E-state index contributed by atoms with van der Waals surface area (Å²) in [7, 11) is 0.